The van der Waals surface area contributed by atoms with Crippen molar-refractivity contribution in [2.24, 2.45) is 0 Å². The summed E-state index contributed by atoms with van der Waals surface area (Å²) in [5, 5.41) is 22.2. The van der Waals surface area contributed by atoms with Crippen molar-refractivity contribution >= 4 is 21.5 Å². The number of nitrogens with zero attached hydrogens (tertiary/aromatic N) is 4. The van der Waals surface area contributed by atoms with Gasteiger partial charge in [0.25, 0.3) is 0 Å². The second kappa shape index (κ2) is 10.8. The molecule has 6 nitrogen and oxygen atoms in total. The van der Waals surface area contributed by atoms with Crippen molar-refractivity contribution in [3.63, 3.8) is 0 Å². The predicted molar refractivity (Wildman–Crippen MR) is 186 cm³/mol. The van der Waals surface area contributed by atoms with Crippen LogP contribution < -0.4 is 0 Å². The van der Waals surface area contributed by atoms with E-state index < -0.39 is 0 Å². The Balaban J connectivity index is 1.55. The van der Waals surface area contributed by atoms with E-state index in [2.05, 4.69) is 136 Å². The highest BCUT2D eigenvalue weighted by molar-refractivity contribution is 6.20. The molecule has 0 spiro atoms. The van der Waals surface area contributed by atoms with Crippen LogP contribution in [-0.2, 0) is 10.8 Å². The average Bonchev–Trinajstić information content (AvgIpc) is 3.70. The van der Waals surface area contributed by atoms with Crippen LogP contribution in [0.15, 0.2) is 93.8 Å². The molecule has 0 saturated carbocycles. The van der Waals surface area contributed by atoms with Crippen LogP contribution >= 0.6 is 0 Å². The van der Waals surface area contributed by atoms with Gasteiger partial charge in [-0.15, -0.1) is 20.4 Å². The van der Waals surface area contributed by atoms with E-state index in [0.717, 1.165) is 43.8 Å². The molecule has 0 aliphatic carbocycles. The highest BCUT2D eigenvalue weighted by atomic mass is 16.4. The minimum Gasteiger partial charge on any atom is -0.416 e. The van der Waals surface area contributed by atoms with Gasteiger partial charge in [-0.05, 0) is 93.7 Å². The molecular weight excluding hydrogens is 568 g/mol. The van der Waals surface area contributed by atoms with Crippen molar-refractivity contribution in [1.82, 2.24) is 20.4 Å². The number of hydrogen-bond donors (Lipinski definition) is 0. The monoisotopic (exact) mass is 606 g/mol. The molecule has 7 aromatic rings. The van der Waals surface area contributed by atoms with Gasteiger partial charge in [-0.2, -0.15) is 0 Å². The van der Waals surface area contributed by atoms with Gasteiger partial charge in [0.15, 0.2) is 0 Å². The fourth-order valence-corrected chi connectivity index (χ4v) is 5.90. The van der Waals surface area contributed by atoms with Gasteiger partial charge < -0.3 is 8.83 Å². The van der Waals surface area contributed by atoms with E-state index in [1.807, 2.05) is 24.3 Å². The Labute approximate surface area is 269 Å². The van der Waals surface area contributed by atoms with E-state index >= 15 is 0 Å². The number of hydrogen-bond acceptors (Lipinski definition) is 6. The molecule has 0 aliphatic heterocycles. The van der Waals surface area contributed by atoms with Crippen LogP contribution in [-0.4, -0.2) is 20.4 Å². The van der Waals surface area contributed by atoms with Crippen LogP contribution in [0.3, 0.4) is 0 Å². The lowest BCUT2D eigenvalue weighted by Crippen LogP contribution is -2.11. The SMILES string of the molecule is Cc1ccc(-c2nnc(-c3c4ccc(C(C)(C)C)cc4c(-c4nnc(-c5ccc(C)cc5)o4)c4ccc(C(C)(C)C)cc34)o2)cc1. The van der Waals surface area contributed by atoms with E-state index in [-0.39, 0.29) is 10.8 Å². The molecule has 0 saturated heterocycles. The summed E-state index contributed by atoms with van der Waals surface area (Å²) in [7, 11) is 0. The number of benzene rings is 5. The predicted octanol–water partition coefficient (Wildman–Crippen LogP) is 10.6. The molecule has 46 heavy (non-hydrogen) atoms. The molecular formula is C40H38N4O2. The third-order valence-corrected chi connectivity index (χ3v) is 8.72. The van der Waals surface area contributed by atoms with Crippen LogP contribution in [0.5, 0.6) is 0 Å². The summed E-state index contributed by atoms with van der Waals surface area (Å²) in [5.41, 5.74) is 8.13. The fraction of sp³-hybridized carbons (Fsp3) is 0.250. The number of aromatic nitrogens is 4. The van der Waals surface area contributed by atoms with E-state index in [9.17, 15) is 0 Å². The largest absolute Gasteiger partial charge is 0.416 e. The third kappa shape index (κ3) is 5.28. The van der Waals surface area contributed by atoms with Gasteiger partial charge in [0.2, 0.25) is 23.6 Å². The van der Waals surface area contributed by atoms with Gasteiger partial charge in [0.1, 0.15) is 0 Å². The van der Waals surface area contributed by atoms with Crippen molar-refractivity contribution < 1.29 is 8.83 Å². The molecule has 5 aromatic carbocycles. The third-order valence-electron chi connectivity index (χ3n) is 8.72. The highest BCUT2D eigenvalue weighted by Crippen LogP contribution is 2.46. The zero-order valence-electron chi connectivity index (χ0n) is 27.7. The molecule has 0 fully saturated rings. The summed E-state index contributed by atoms with van der Waals surface area (Å²) in [6.45, 7) is 17.5. The molecule has 6 heteroatoms. The molecule has 0 N–H and O–H groups in total. The summed E-state index contributed by atoms with van der Waals surface area (Å²) in [5.74, 6) is 1.91. The van der Waals surface area contributed by atoms with Gasteiger partial charge in [0.05, 0.1) is 11.1 Å². The second-order valence-corrected chi connectivity index (χ2v) is 14.3. The number of aryl methyl sites for hydroxylation is 2. The van der Waals surface area contributed by atoms with Crippen molar-refractivity contribution in [2.75, 3.05) is 0 Å². The second-order valence-electron chi connectivity index (χ2n) is 14.3. The summed E-state index contributed by atoms with van der Waals surface area (Å²) in [6, 6.07) is 29.5. The Morgan fingerprint density at radius 3 is 1.11 bits per heavy atom. The normalized spacial score (nSPS) is 12.3. The molecule has 0 bridgehead atoms. The molecule has 0 atom stereocenters. The lowest BCUT2D eigenvalue weighted by atomic mass is 9.81. The maximum Gasteiger partial charge on any atom is 0.249 e. The van der Waals surface area contributed by atoms with E-state index in [1.165, 1.54) is 22.3 Å². The number of fused-ring (bicyclic) bond motifs is 2. The van der Waals surface area contributed by atoms with Crippen LogP contribution in [0.25, 0.3) is 67.4 Å². The van der Waals surface area contributed by atoms with Gasteiger partial charge >= 0.3 is 0 Å². The van der Waals surface area contributed by atoms with Crippen molar-refractivity contribution in [3.8, 4) is 45.8 Å². The minimum absolute atomic E-state index is 0.0817. The Hall–Kier alpha value is -5.10. The summed E-state index contributed by atoms with van der Waals surface area (Å²) in [6.07, 6.45) is 0. The van der Waals surface area contributed by atoms with Crippen LogP contribution in [0.4, 0.5) is 0 Å². The van der Waals surface area contributed by atoms with Gasteiger partial charge in [0, 0.05) is 11.1 Å². The summed E-state index contributed by atoms with van der Waals surface area (Å²) in [4.78, 5) is 0. The Morgan fingerprint density at radius 1 is 0.413 bits per heavy atom. The van der Waals surface area contributed by atoms with E-state index in [4.69, 9.17) is 8.83 Å². The maximum absolute atomic E-state index is 6.48. The summed E-state index contributed by atoms with van der Waals surface area (Å²) < 4.78 is 13.0. The molecule has 0 amide bonds. The minimum atomic E-state index is -0.0817. The molecule has 2 heterocycles. The van der Waals surface area contributed by atoms with Crippen molar-refractivity contribution in [3.05, 3.63) is 107 Å². The van der Waals surface area contributed by atoms with E-state index in [0.29, 0.717) is 23.6 Å². The smallest absolute Gasteiger partial charge is 0.249 e. The molecule has 230 valence electrons. The quantitative estimate of drug-likeness (QED) is 0.186. The molecule has 0 radical (unpaired) electrons. The van der Waals surface area contributed by atoms with Gasteiger partial charge in [-0.1, -0.05) is 101 Å². The Bertz CT molecular complexity index is 2060. The topological polar surface area (TPSA) is 77.8 Å². The standard InChI is InChI=1S/C40H38N4O2/c1-23-9-13-25(14-10-23)35-41-43-37(45-35)33-29-19-17-28(40(6,7)8)22-32(29)34(30-20-18-27(21-31(30)33)39(3,4)5)38-44-42-36(46-38)26-15-11-24(2)12-16-26/h9-22H,1-8H3. The Kier molecular flexibility index (Phi) is 6.93. The van der Waals surface area contributed by atoms with Crippen molar-refractivity contribution in [1.29, 1.82) is 0 Å². The average molecular weight is 607 g/mol. The number of rotatable bonds is 4. The summed E-state index contributed by atoms with van der Waals surface area (Å²) >= 11 is 0. The first-order valence-electron chi connectivity index (χ1n) is 15.7. The first-order chi connectivity index (χ1) is 21.9. The lowest BCUT2D eigenvalue weighted by molar-refractivity contribution is 0.583. The first-order valence-corrected chi connectivity index (χ1v) is 15.7. The van der Waals surface area contributed by atoms with E-state index in [1.54, 1.807) is 0 Å². The van der Waals surface area contributed by atoms with Gasteiger partial charge in [-0.25, -0.2) is 0 Å². The van der Waals surface area contributed by atoms with Gasteiger partial charge in [-0.3, -0.25) is 0 Å². The fourth-order valence-electron chi connectivity index (χ4n) is 5.90. The molecule has 0 unspecified atom stereocenters. The molecule has 7 rings (SSSR count). The lowest BCUT2D eigenvalue weighted by Gasteiger charge is -2.23. The van der Waals surface area contributed by atoms with Crippen LogP contribution in [0.1, 0.15) is 63.8 Å². The zero-order valence-corrected chi connectivity index (χ0v) is 27.7. The first kappa shape index (κ1) is 29.6. The Morgan fingerprint density at radius 2 is 0.761 bits per heavy atom. The highest BCUT2D eigenvalue weighted by Gasteiger charge is 2.27. The maximum atomic E-state index is 6.48. The van der Waals surface area contributed by atoms with Crippen LogP contribution in [0, 0.1) is 13.8 Å². The molecule has 0 aliphatic rings. The van der Waals surface area contributed by atoms with Crippen LogP contribution in [0.2, 0.25) is 0 Å². The van der Waals surface area contributed by atoms with Crippen molar-refractivity contribution in [2.45, 2.75) is 66.2 Å². The molecule has 2 aromatic heterocycles. The zero-order chi connectivity index (χ0) is 32.4.